The second-order valence-electron chi connectivity index (χ2n) is 12.9. The molecule has 55 heavy (non-hydrogen) atoms. The molecular formula is C46H47NO8. The number of aliphatic imine (C=N–C) groups is 1. The highest BCUT2D eigenvalue weighted by Crippen LogP contribution is 2.24. The Hall–Kier alpha value is -6.22. The van der Waals surface area contributed by atoms with Gasteiger partial charge in [-0.25, -0.2) is 14.4 Å². The summed E-state index contributed by atoms with van der Waals surface area (Å²) >= 11 is 0. The molecule has 0 aliphatic carbocycles. The summed E-state index contributed by atoms with van der Waals surface area (Å²) in [4.78, 5) is 42.9. The lowest BCUT2D eigenvalue weighted by Crippen LogP contribution is -2.11. The van der Waals surface area contributed by atoms with Gasteiger partial charge in [-0.15, -0.1) is 0 Å². The van der Waals surface area contributed by atoms with Crippen molar-refractivity contribution in [2.45, 2.75) is 65.2 Å². The standard InChI is InChI=1S/C46H47NO8/c1-3-5-7-9-30-51-39-24-18-36(19-25-39)44(48)53-41-26-20-37(21-27-41)46(50)55-43-13-11-12-42(32-43)54-45(49)35-16-14-34(15-17-35)33-47-38-22-28-40(29-23-38)52-31-10-8-6-4-2/h11-29,32-33H,3-10,30-31H2,1-2H3. The fraction of sp³-hybridized carbons (Fsp3) is 0.261. The molecule has 0 aliphatic rings. The Morgan fingerprint density at radius 1 is 0.473 bits per heavy atom. The average Bonchev–Trinajstić information content (AvgIpc) is 3.21. The monoisotopic (exact) mass is 741 g/mol. The Balaban J connectivity index is 1.07. The normalized spacial score (nSPS) is 10.9. The Labute approximate surface area is 322 Å². The number of nitrogens with zero attached hydrogens (tertiary/aromatic N) is 1. The Bertz CT molecular complexity index is 1990. The van der Waals surface area contributed by atoms with Crippen molar-refractivity contribution in [1.82, 2.24) is 0 Å². The maximum atomic E-state index is 12.9. The topological polar surface area (TPSA) is 110 Å². The van der Waals surface area contributed by atoms with Gasteiger partial charge in [-0.05, 0) is 115 Å². The first-order valence-corrected chi connectivity index (χ1v) is 18.9. The minimum Gasteiger partial charge on any atom is -0.494 e. The zero-order chi connectivity index (χ0) is 38.7. The van der Waals surface area contributed by atoms with E-state index in [0.717, 1.165) is 36.3 Å². The van der Waals surface area contributed by atoms with Crippen LogP contribution in [0.1, 0.15) is 102 Å². The van der Waals surface area contributed by atoms with E-state index >= 15 is 0 Å². The van der Waals surface area contributed by atoms with Crippen molar-refractivity contribution in [1.29, 1.82) is 0 Å². The highest BCUT2D eigenvalue weighted by atomic mass is 16.5. The van der Waals surface area contributed by atoms with E-state index in [0.29, 0.717) is 30.1 Å². The van der Waals surface area contributed by atoms with E-state index < -0.39 is 17.9 Å². The number of carbonyl (C=O) groups is 3. The molecule has 0 unspecified atom stereocenters. The van der Waals surface area contributed by atoms with Gasteiger partial charge < -0.3 is 23.7 Å². The highest BCUT2D eigenvalue weighted by Gasteiger charge is 2.14. The first-order chi connectivity index (χ1) is 26.9. The fourth-order valence-corrected chi connectivity index (χ4v) is 5.37. The third-order valence-electron chi connectivity index (χ3n) is 8.50. The van der Waals surface area contributed by atoms with Gasteiger partial charge in [-0.3, -0.25) is 4.99 Å². The number of ether oxygens (including phenoxy) is 5. The van der Waals surface area contributed by atoms with Gasteiger partial charge in [0.15, 0.2) is 0 Å². The number of esters is 3. The Morgan fingerprint density at radius 2 is 0.891 bits per heavy atom. The van der Waals surface area contributed by atoms with Crippen LogP contribution in [0.2, 0.25) is 0 Å². The van der Waals surface area contributed by atoms with Crippen LogP contribution in [0.5, 0.6) is 28.7 Å². The van der Waals surface area contributed by atoms with Crippen molar-refractivity contribution in [3.63, 3.8) is 0 Å². The number of hydrogen-bond donors (Lipinski definition) is 0. The van der Waals surface area contributed by atoms with Gasteiger partial charge in [0.2, 0.25) is 0 Å². The summed E-state index contributed by atoms with van der Waals surface area (Å²) in [5.41, 5.74) is 2.57. The SMILES string of the molecule is CCCCCCOc1ccc(N=Cc2ccc(C(=O)Oc3cccc(OC(=O)c4ccc(OC(=O)c5ccc(OCCCCCC)cc5)cc4)c3)cc2)cc1. The van der Waals surface area contributed by atoms with Gasteiger partial charge in [0.05, 0.1) is 35.6 Å². The van der Waals surface area contributed by atoms with Crippen molar-refractivity contribution < 1.29 is 38.1 Å². The molecule has 0 radical (unpaired) electrons. The van der Waals surface area contributed by atoms with Crippen molar-refractivity contribution in [3.8, 4) is 28.7 Å². The first kappa shape index (κ1) is 40.0. The van der Waals surface area contributed by atoms with Crippen molar-refractivity contribution in [2.24, 2.45) is 4.99 Å². The average molecular weight is 742 g/mol. The molecule has 9 nitrogen and oxygen atoms in total. The summed E-state index contributed by atoms with van der Waals surface area (Å²) in [6.45, 7) is 5.70. The molecule has 0 atom stereocenters. The van der Waals surface area contributed by atoms with Gasteiger partial charge in [0.1, 0.15) is 28.7 Å². The molecule has 0 N–H and O–H groups in total. The summed E-state index contributed by atoms with van der Waals surface area (Å²) < 4.78 is 28.1. The third kappa shape index (κ3) is 13.3. The molecule has 0 aliphatic heterocycles. The van der Waals surface area contributed by atoms with E-state index in [-0.39, 0.29) is 22.8 Å². The minimum atomic E-state index is -0.633. The van der Waals surface area contributed by atoms with Gasteiger partial charge in [0, 0.05) is 12.3 Å². The first-order valence-electron chi connectivity index (χ1n) is 18.9. The van der Waals surface area contributed by atoms with Crippen molar-refractivity contribution in [2.75, 3.05) is 13.2 Å². The van der Waals surface area contributed by atoms with Gasteiger partial charge in [0.25, 0.3) is 0 Å². The van der Waals surface area contributed by atoms with Crippen LogP contribution in [0.4, 0.5) is 5.69 Å². The molecule has 0 spiro atoms. The molecule has 9 heteroatoms. The molecule has 0 bridgehead atoms. The van der Waals surface area contributed by atoms with Crippen LogP contribution < -0.4 is 23.7 Å². The number of unbranched alkanes of at least 4 members (excludes halogenated alkanes) is 6. The third-order valence-corrected chi connectivity index (χ3v) is 8.50. The Morgan fingerprint density at radius 3 is 1.36 bits per heavy atom. The molecule has 0 fully saturated rings. The van der Waals surface area contributed by atoms with Crippen molar-refractivity contribution >= 4 is 29.8 Å². The number of carbonyl (C=O) groups excluding carboxylic acids is 3. The lowest BCUT2D eigenvalue weighted by molar-refractivity contribution is 0.0723. The molecule has 284 valence electrons. The van der Waals surface area contributed by atoms with Crippen LogP contribution in [0.25, 0.3) is 0 Å². The second kappa shape index (κ2) is 21.5. The van der Waals surface area contributed by atoms with E-state index in [1.54, 1.807) is 72.9 Å². The smallest absolute Gasteiger partial charge is 0.343 e. The van der Waals surface area contributed by atoms with E-state index in [4.69, 9.17) is 23.7 Å². The maximum Gasteiger partial charge on any atom is 0.343 e. The second-order valence-corrected chi connectivity index (χ2v) is 12.9. The quantitative estimate of drug-likeness (QED) is 0.0336. The molecule has 0 aromatic heterocycles. The van der Waals surface area contributed by atoms with Gasteiger partial charge in [-0.1, -0.05) is 70.6 Å². The van der Waals surface area contributed by atoms with E-state index in [9.17, 15) is 14.4 Å². The Kier molecular flexibility index (Phi) is 15.6. The molecular weight excluding hydrogens is 695 g/mol. The van der Waals surface area contributed by atoms with E-state index in [2.05, 4.69) is 18.8 Å². The van der Waals surface area contributed by atoms with Crippen LogP contribution >= 0.6 is 0 Å². The number of benzene rings is 5. The summed E-state index contributed by atoms with van der Waals surface area (Å²) in [5.74, 6) is 0.471. The molecule has 0 heterocycles. The van der Waals surface area contributed by atoms with Gasteiger partial charge in [-0.2, -0.15) is 0 Å². The summed E-state index contributed by atoms with van der Waals surface area (Å²) in [6.07, 6.45) is 10.8. The zero-order valence-corrected chi connectivity index (χ0v) is 31.4. The largest absolute Gasteiger partial charge is 0.494 e. The van der Waals surface area contributed by atoms with Crippen LogP contribution in [0, 0.1) is 0 Å². The van der Waals surface area contributed by atoms with E-state index in [1.807, 2.05) is 24.3 Å². The number of hydrogen-bond acceptors (Lipinski definition) is 9. The lowest BCUT2D eigenvalue weighted by atomic mass is 10.1. The summed E-state index contributed by atoms with van der Waals surface area (Å²) in [5, 5.41) is 0. The highest BCUT2D eigenvalue weighted by molar-refractivity contribution is 5.94. The van der Waals surface area contributed by atoms with Crippen LogP contribution in [-0.4, -0.2) is 37.3 Å². The van der Waals surface area contributed by atoms with Crippen LogP contribution in [0.15, 0.2) is 126 Å². The maximum absolute atomic E-state index is 12.9. The van der Waals surface area contributed by atoms with Gasteiger partial charge >= 0.3 is 17.9 Å². The predicted octanol–water partition coefficient (Wildman–Crippen LogP) is 11.0. The molecule has 5 aromatic carbocycles. The molecule has 0 amide bonds. The lowest BCUT2D eigenvalue weighted by Gasteiger charge is -2.09. The summed E-state index contributed by atoms with van der Waals surface area (Å²) in [7, 11) is 0. The molecule has 0 saturated heterocycles. The van der Waals surface area contributed by atoms with E-state index in [1.165, 1.54) is 62.4 Å². The minimum absolute atomic E-state index is 0.192. The summed E-state index contributed by atoms with van der Waals surface area (Å²) in [6, 6.07) is 33.6. The van der Waals surface area contributed by atoms with Crippen molar-refractivity contribution in [3.05, 3.63) is 144 Å². The zero-order valence-electron chi connectivity index (χ0n) is 31.4. The predicted molar refractivity (Wildman–Crippen MR) is 214 cm³/mol. The van der Waals surface area contributed by atoms with Crippen LogP contribution in [-0.2, 0) is 0 Å². The number of rotatable bonds is 20. The molecule has 5 aromatic rings. The molecule has 0 saturated carbocycles. The molecule has 5 rings (SSSR count). The fourth-order valence-electron chi connectivity index (χ4n) is 5.37. The van der Waals surface area contributed by atoms with Crippen LogP contribution in [0.3, 0.4) is 0 Å².